The van der Waals surface area contributed by atoms with E-state index in [1.807, 2.05) is 11.3 Å². The molecule has 73 heavy (non-hydrogen) atoms. The van der Waals surface area contributed by atoms with Crippen molar-refractivity contribution < 1.29 is 4.74 Å². The van der Waals surface area contributed by atoms with E-state index in [1.54, 1.807) is 0 Å². The van der Waals surface area contributed by atoms with Crippen LogP contribution in [0, 0.1) is 0 Å². The standard InChI is InChI=1S/C70H53NOS/c1-67(2,3)42-30-36-63-60(38-42)70(61-39-43(68(4,5)6)31-37-64(61)72-63)57-27-15-10-21-49(57)51-35-33-45(41-59(51)70)71(62-28-17-23-53-52-22-11-16-29-65(52)73-66(53)62)44-32-34-50-48-20-9-14-26-56(48)69(58(50)40-44)54-24-12-7-18-46(54)47-19-8-13-25-55(47)69/h7-41H,1-6H3. The second kappa shape index (κ2) is 14.8. The van der Waals surface area contributed by atoms with Crippen LogP contribution in [0.1, 0.15) is 97.2 Å². The van der Waals surface area contributed by atoms with Crippen LogP contribution in [0.3, 0.4) is 0 Å². The molecular formula is C70H53NOS. The van der Waals surface area contributed by atoms with Crippen LogP contribution in [0.2, 0.25) is 0 Å². The Morgan fingerprint density at radius 2 is 0.767 bits per heavy atom. The molecule has 0 fully saturated rings. The summed E-state index contributed by atoms with van der Waals surface area (Å²) in [5.74, 6) is 1.81. The molecule has 2 nitrogen and oxygen atoms in total. The number of thiophene rings is 1. The van der Waals surface area contributed by atoms with E-state index in [2.05, 4.69) is 259 Å². The molecular weight excluding hydrogens is 903 g/mol. The van der Waals surface area contributed by atoms with Crippen LogP contribution in [0.4, 0.5) is 17.1 Å². The second-order valence-electron chi connectivity index (χ2n) is 22.8. The summed E-state index contributed by atoms with van der Waals surface area (Å²) in [5, 5.41) is 2.56. The lowest BCUT2D eigenvalue weighted by Gasteiger charge is -2.41. The lowest BCUT2D eigenvalue weighted by molar-refractivity contribution is 0.433. The molecule has 0 atom stereocenters. The zero-order chi connectivity index (χ0) is 49.2. The van der Waals surface area contributed by atoms with Crippen molar-refractivity contribution in [2.75, 3.05) is 4.90 Å². The summed E-state index contributed by atoms with van der Waals surface area (Å²) in [4.78, 5) is 2.58. The number of hydrogen-bond acceptors (Lipinski definition) is 3. The van der Waals surface area contributed by atoms with Crippen molar-refractivity contribution in [3.8, 4) is 44.9 Å². The molecule has 0 bridgehead atoms. The zero-order valence-corrected chi connectivity index (χ0v) is 42.8. The van der Waals surface area contributed by atoms with Crippen LogP contribution in [0.5, 0.6) is 11.5 Å². The Kier molecular flexibility index (Phi) is 8.66. The Hall–Kier alpha value is -7.98. The molecule has 11 aromatic rings. The van der Waals surface area contributed by atoms with Crippen molar-refractivity contribution >= 4 is 48.6 Å². The van der Waals surface area contributed by atoms with Crippen LogP contribution < -0.4 is 9.64 Å². The van der Waals surface area contributed by atoms with E-state index in [1.165, 1.54) is 109 Å². The van der Waals surface area contributed by atoms with E-state index in [4.69, 9.17) is 4.74 Å². The summed E-state index contributed by atoms with van der Waals surface area (Å²) in [6.07, 6.45) is 0. The van der Waals surface area contributed by atoms with E-state index in [9.17, 15) is 0 Å². The summed E-state index contributed by atoms with van der Waals surface area (Å²) in [5.41, 5.74) is 22.6. The quantitative estimate of drug-likeness (QED) is 0.175. The van der Waals surface area contributed by atoms with Crippen molar-refractivity contribution in [1.82, 2.24) is 0 Å². The summed E-state index contributed by atoms with van der Waals surface area (Å²) in [6, 6.07) is 81.0. The maximum Gasteiger partial charge on any atom is 0.132 e. The smallest absolute Gasteiger partial charge is 0.132 e. The molecule has 3 aliphatic carbocycles. The third-order valence-corrected chi connectivity index (χ3v) is 18.1. The van der Waals surface area contributed by atoms with Gasteiger partial charge in [-0.05, 0) is 149 Å². The Bertz CT molecular complexity index is 4050. The molecule has 0 unspecified atom stereocenters. The van der Waals surface area contributed by atoms with Gasteiger partial charge < -0.3 is 9.64 Å². The van der Waals surface area contributed by atoms with Crippen molar-refractivity contribution in [1.29, 1.82) is 0 Å². The first-order valence-corrected chi connectivity index (χ1v) is 26.6. The Balaban J connectivity index is 1.05. The molecule has 10 aromatic carbocycles. The Morgan fingerprint density at radius 1 is 0.356 bits per heavy atom. The fraction of sp³-hybridized carbons (Fsp3) is 0.143. The van der Waals surface area contributed by atoms with Crippen LogP contribution >= 0.6 is 11.3 Å². The minimum atomic E-state index is -0.677. The topological polar surface area (TPSA) is 12.5 Å². The molecule has 0 saturated heterocycles. The molecule has 3 heteroatoms. The molecule has 2 heterocycles. The van der Waals surface area contributed by atoms with Gasteiger partial charge in [0, 0.05) is 38.0 Å². The fourth-order valence-electron chi connectivity index (χ4n) is 13.6. The summed E-state index contributed by atoms with van der Waals surface area (Å²) in [7, 11) is 0. The van der Waals surface area contributed by atoms with Gasteiger partial charge in [-0.3, -0.25) is 0 Å². The lowest BCUT2D eigenvalue weighted by atomic mass is 9.64. The highest BCUT2D eigenvalue weighted by atomic mass is 32.1. The SMILES string of the molecule is CC(C)(C)c1ccc2c(c1)C1(c3cc(C(C)(C)C)ccc3O2)c2ccccc2-c2ccc(N(c3ccc4c(c3)C3(c5ccccc5-c5ccccc53)c3ccccc3-4)c3cccc4c3sc3ccccc34)cc21. The van der Waals surface area contributed by atoms with Gasteiger partial charge in [-0.2, -0.15) is 0 Å². The van der Waals surface area contributed by atoms with Crippen molar-refractivity contribution in [2.24, 2.45) is 0 Å². The van der Waals surface area contributed by atoms with Gasteiger partial charge in [0.2, 0.25) is 0 Å². The first-order valence-electron chi connectivity index (χ1n) is 25.8. The number of fused-ring (bicyclic) bond motifs is 22. The molecule has 350 valence electrons. The lowest BCUT2D eigenvalue weighted by Crippen LogP contribution is -2.33. The van der Waals surface area contributed by atoms with E-state index in [-0.39, 0.29) is 10.8 Å². The summed E-state index contributed by atoms with van der Waals surface area (Å²) in [6.45, 7) is 13.9. The first kappa shape index (κ1) is 42.7. The second-order valence-corrected chi connectivity index (χ2v) is 23.8. The van der Waals surface area contributed by atoms with Gasteiger partial charge >= 0.3 is 0 Å². The molecule has 1 aromatic heterocycles. The third-order valence-electron chi connectivity index (χ3n) is 16.9. The number of benzene rings is 10. The highest BCUT2D eigenvalue weighted by Gasteiger charge is 2.54. The van der Waals surface area contributed by atoms with Gasteiger partial charge in [0.15, 0.2) is 0 Å². The Labute approximate surface area is 431 Å². The number of anilines is 3. The van der Waals surface area contributed by atoms with Crippen LogP contribution in [-0.4, -0.2) is 0 Å². The maximum atomic E-state index is 7.08. The van der Waals surface area contributed by atoms with Crippen LogP contribution in [-0.2, 0) is 21.7 Å². The highest BCUT2D eigenvalue weighted by Crippen LogP contribution is 2.66. The molecule has 15 rings (SSSR count). The van der Waals surface area contributed by atoms with E-state index in [0.717, 1.165) is 28.6 Å². The highest BCUT2D eigenvalue weighted by molar-refractivity contribution is 7.26. The van der Waals surface area contributed by atoms with Gasteiger partial charge in [0.1, 0.15) is 11.5 Å². The molecule has 0 radical (unpaired) electrons. The number of ether oxygens (including phenoxy) is 1. The predicted octanol–water partition coefficient (Wildman–Crippen LogP) is 18.9. The molecule has 2 spiro atoms. The fourth-order valence-corrected chi connectivity index (χ4v) is 14.8. The van der Waals surface area contributed by atoms with Gasteiger partial charge in [0.05, 0.1) is 21.2 Å². The van der Waals surface area contributed by atoms with Gasteiger partial charge in [0.25, 0.3) is 0 Å². The molecule has 4 aliphatic rings. The molecule has 1 aliphatic heterocycles. The largest absolute Gasteiger partial charge is 0.457 e. The van der Waals surface area contributed by atoms with E-state index >= 15 is 0 Å². The van der Waals surface area contributed by atoms with Crippen molar-refractivity contribution in [2.45, 2.75) is 63.2 Å². The predicted molar refractivity (Wildman–Crippen MR) is 305 cm³/mol. The number of hydrogen-bond donors (Lipinski definition) is 0. The van der Waals surface area contributed by atoms with Gasteiger partial charge in [-0.1, -0.05) is 193 Å². The van der Waals surface area contributed by atoms with Crippen LogP contribution in [0.15, 0.2) is 212 Å². The van der Waals surface area contributed by atoms with Crippen molar-refractivity contribution in [3.63, 3.8) is 0 Å². The molecule has 0 saturated carbocycles. The summed E-state index contributed by atoms with van der Waals surface area (Å²) >= 11 is 1.89. The summed E-state index contributed by atoms with van der Waals surface area (Å²) < 4.78 is 9.63. The Morgan fingerprint density at radius 3 is 1.25 bits per heavy atom. The first-order chi connectivity index (χ1) is 35.5. The van der Waals surface area contributed by atoms with E-state index < -0.39 is 10.8 Å². The zero-order valence-electron chi connectivity index (χ0n) is 42.0. The van der Waals surface area contributed by atoms with Gasteiger partial charge in [-0.15, -0.1) is 11.3 Å². The normalized spacial score (nSPS) is 14.8. The molecule has 0 N–H and O–H groups in total. The average molecular weight is 956 g/mol. The van der Waals surface area contributed by atoms with Gasteiger partial charge in [-0.25, -0.2) is 0 Å². The minimum Gasteiger partial charge on any atom is -0.457 e. The van der Waals surface area contributed by atoms with Crippen LogP contribution in [0.25, 0.3) is 53.6 Å². The third kappa shape index (κ3) is 5.64. The monoisotopic (exact) mass is 955 g/mol. The number of nitrogens with zero attached hydrogens (tertiary/aromatic N) is 1. The number of rotatable bonds is 3. The maximum absolute atomic E-state index is 7.08. The average Bonchev–Trinajstić information content (AvgIpc) is 4.11. The minimum absolute atomic E-state index is 0.0861. The van der Waals surface area contributed by atoms with E-state index in [0.29, 0.717) is 0 Å². The molecule has 0 amide bonds. The van der Waals surface area contributed by atoms with Crippen molar-refractivity contribution in [3.05, 3.63) is 268 Å².